The number of rotatable bonds is 0. The van der Waals surface area contributed by atoms with Crippen molar-refractivity contribution in [2.75, 3.05) is 0 Å². The van der Waals surface area contributed by atoms with Gasteiger partial charge in [-0.25, -0.2) is 0 Å². The molecule has 1 spiro atoms. The summed E-state index contributed by atoms with van der Waals surface area (Å²) < 4.78 is 0. The van der Waals surface area contributed by atoms with Gasteiger partial charge in [0.05, 0.1) is 0 Å². The predicted octanol–water partition coefficient (Wildman–Crippen LogP) is 1.06. The van der Waals surface area contributed by atoms with Gasteiger partial charge in [-0.1, -0.05) is 0 Å². The molecule has 0 unspecified atom stereocenters. The van der Waals surface area contributed by atoms with E-state index >= 15 is 0 Å². The maximum absolute atomic E-state index is 3.38. The quantitative estimate of drug-likeness (QED) is 0.475. The summed E-state index contributed by atoms with van der Waals surface area (Å²) >= 11 is 0. The maximum atomic E-state index is 3.38. The lowest BCUT2D eigenvalue weighted by Crippen LogP contribution is -2.19. The zero-order chi connectivity index (χ0) is 4.74. The summed E-state index contributed by atoms with van der Waals surface area (Å²) in [6, 6.07) is 0. The summed E-state index contributed by atoms with van der Waals surface area (Å²) in [6.45, 7) is 2.20. The van der Waals surface area contributed by atoms with Crippen molar-refractivity contribution < 1.29 is 0 Å². The van der Waals surface area contributed by atoms with Gasteiger partial charge in [0.15, 0.2) is 0 Å². The van der Waals surface area contributed by atoms with Crippen molar-refractivity contribution in [1.82, 2.24) is 5.32 Å². The SMILES string of the molecule is [CH]1CCC2(CC2)N1. The van der Waals surface area contributed by atoms with Gasteiger partial charge in [-0.15, -0.1) is 0 Å². The second-order valence-electron chi connectivity index (χ2n) is 2.67. The molecule has 1 aliphatic heterocycles. The minimum Gasteiger partial charge on any atom is -0.307 e. The molecule has 1 radical (unpaired) electrons. The smallest absolute Gasteiger partial charge is 0.0227 e. The molecule has 1 heterocycles. The first kappa shape index (κ1) is 3.90. The standard InChI is InChI=1S/C6H10N/c1-2-6(3-4-6)7-5-1/h5,7H,1-4H2. The van der Waals surface area contributed by atoms with Gasteiger partial charge in [0.25, 0.3) is 0 Å². The average Bonchev–Trinajstić information content (AvgIpc) is 2.15. The van der Waals surface area contributed by atoms with E-state index in [0.717, 1.165) is 0 Å². The van der Waals surface area contributed by atoms with Gasteiger partial charge >= 0.3 is 0 Å². The topological polar surface area (TPSA) is 12.0 Å². The molecule has 1 heteroatoms. The van der Waals surface area contributed by atoms with Crippen LogP contribution in [0.25, 0.3) is 0 Å². The van der Waals surface area contributed by atoms with Crippen LogP contribution in [0.5, 0.6) is 0 Å². The highest BCUT2D eigenvalue weighted by atomic mass is 15.0. The summed E-state index contributed by atoms with van der Waals surface area (Å²) in [5, 5.41) is 3.38. The molecule has 0 aromatic rings. The third kappa shape index (κ3) is 0.480. The van der Waals surface area contributed by atoms with Gasteiger partial charge in [-0.05, 0) is 25.7 Å². The highest BCUT2D eigenvalue weighted by Crippen LogP contribution is 2.43. The van der Waals surface area contributed by atoms with Crippen molar-refractivity contribution in [2.45, 2.75) is 31.2 Å². The Balaban J connectivity index is 2.07. The van der Waals surface area contributed by atoms with Crippen molar-refractivity contribution in [3.05, 3.63) is 6.54 Å². The lowest BCUT2D eigenvalue weighted by molar-refractivity contribution is 0.614. The molecule has 0 aromatic carbocycles. The minimum atomic E-state index is 0.639. The summed E-state index contributed by atoms with van der Waals surface area (Å²) in [4.78, 5) is 0. The molecule has 39 valence electrons. The van der Waals surface area contributed by atoms with E-state index in [4.69, 9.17) is 0 Å². The highest BCUT2D eigenvalue weighted by molar-refractivity contribution is 5.08. The molecule has 1 saturated heterocycles. The van der Waals surface area contributed by atoms with Crippen molar-refractivity contribution >= 4 is 0 Å². The van der Waals surface area contributed by atoms with Crippen LogP contribution in [-0.2, 0) is 0 Å². The lowest BCUT2D eigenvalue weighted by atomic mass is 10.2. The summed E-state index contributed by atoms with van der Waals surface area (Å²) in [5.41, 5.74) is 0.639. The summed E-state index contributed by atoms with van der Waals surface area (Å²) in [7, 11) is 0. The highest BCUT2D eigenvalue weighted by Gasteiger charge is 2.44. The molecule has 0 bridgehead atoms. The molecule has 1 N–H and O–H groups in total. The van der Waals surface area contributed by atoms with Crippen LogP contribution in [-0.4, -0.2) is 5.54 Å². The Morgan fingerprint density at radius 1 is 1.29 bits per heavy atom. The first-order valence-electron chi connectivity index (χ1n) is 3.01. The second kappa shape index (κ2) is 1.03. The van der Waals surface area contributed by atoms with E-state index in [1.54, 1.807) is 0 Å². The zero-order valence-electron chi connectivity index (χ0n) is 4.41. The fraction of sp³-hybridized carbons (Fsp3) is 0.833. The van der Waals surface area contributed by atoms with Crippen molar-refractivity contribution in [2.24, 2.45) is 0 Å². The van der Waals surface area contributed by atoms with Crippen LogP contribution in [0, 0.1) is 6.54 Å². The van der Waals surface area contributed by atoms with E-state index in [2.05, 4.69) is 11.9 Å². The van der Waals surface area contributed by atoms with Crippen LogP contribution in [0.15, 0.2) is 0 Å². The Labute approximate surface area is 44.1 Å². The van der Waals surface area contributed by atoms with Crippen LogP contribution in [0.4, 0.5) is 0 Å². The van der Waals surface area contributed by atoms with Gasteiger partial charge in [-0.2, -0.15) is 0 Å². The van der Waals surface area contributed by atoms with Crippen LogP contribution in [0.2, 0.25) is 0 Å². The monoisotopic (exact) mass is 96.1 g/mol. The molecule has 2 fully saturated rings. The fourth-order valence-corrected chi connectivity index (χ4v) is 1.25. The predicted molar refractivity (Wildman–Crippen MR) is 28.6 cm³/mol. The average molecular weight is 96.2 g/mol. The molecule has 7 heavy (non-hydrogen) atoms. The number of hydrogen-bond acceptors (Lipinski definition) is 1. The summed E-state index contributed by atoms with van der Waals surface area (Å²) in [6.07, 6.45) is 5.53. The molecule has 1 saturated carbocycles. The normalized spacial score (nSPS) is 34.3. The van der Waals surface area contributed by atoms with E-state index in [9.17, 15) is 0 Å². The van der Waals surface area contributed by atoms with E-state index in [-0.39, 0.29) is 0 Å². The Kier molecular flexibility index (Phi) is 0.571. The van der Waals surface area contributed by atoms with Crippen molar-refractivity contribution in [3.63, 3.8) is 0 Å². The molecule has 2 aliphatic rings. The van der Waals surface area contributed by atoms with Gasteiger partial charge in [0, 0.05) is 12.1 Å². The van der Waals surface area contributed by atoms with Crippen molar-refractivity contribution in [3.8, 4) is 0 Å². The molecule has 2 rings (SSSR count). The van der Waals surface area contributed by atoms with Gasteiger partial charge in [0.2, 0.25) is 0 Å². The third-order valence-electron chi connectivity index (χ3n) is 2.03. The number of hydrogen-bond donors (Lipinski definition) is 1. The van der Waals surface area contributed by atoms with E-state index in [0.29, 0.717) is 5.54 Å². The zero-order valence-corrected chi connectivity index (χ0v) is 4.41. The minimum absolute atomic E-state index is 0.639. The fourth-order valence-electron chi connectivity index (χ4n) is 1.25. The molecule has 0 amide bonds. The largest absolute Gasteiger partial charge is 0.307 e. The Morgan fingerprint density at radius 3 is 2.43 bits per heavy atom. The van der Waals surface area contributed by atoms with Crippen molar-refractivity contribution in [1.29, 1.82) is 0 Å². The molecule has 1 aliphatic carbocycles. The Morgan fingerprint density at radius 2 is 2.14 bits per heavy atom. The van der Waals surface area contributed by atoms with Crippen LogP contribution < -0.4 is 5.32 Å². The van der Waals surface area contributed by atoms with Gasteiger partial charge in [-0.3, -0.25) is 0 Å². The van der Waals surface area contributed by atoms with Crippen LogP contribution >= 0.6 is 0 Å². The van der Waals surface area contributed by atoms with E-state index in [1.807, 2.05) is 0 Å². The van der Waals surface area contributed by atoms with Crippen LogP contribution in [0.1, 0.15) is 25.7 Å². The third-order valence-corrected chi connectivity index (χ3v) is 2.03. The first-order valence-corrected chi connectivity index (χ1v) is 3.01. The second-order valence-corrected chi connectivity index (χ2v) is 2.67. The first-order chi connectivity index (χ1) is 3.41. The van der Waals surface area contributed by atoms with E-state index < -0.39 is 0 Å². The molecule has 0 atom stereocenters. The van der Waals surface area contributed by atoms with Gasteiger partial charge < -0.3 is 5.32 Å². The van der Waals surface area contributed by atoms with E-state index in [1.165, 1.54) is 25.7 Å². The number of nitrogens with one attached hydrogen (secondary N) is 1. The molecular weight excluding hydrogens is 86.1 g/mol. The molecular formula is C6H10N. The summed E-state index contributed by atoms with van der Waals surface area (Å²) in [5.74, 6) is 0. The molecule has 1 nitrogen and oxygen atoms in total. The van der Waals surface area contributed by atoms with Gasteiger partial charge in [0.1, 0.15) is 0 Å². The maximum Gasteiger partial charge on any atom is 0.0227 e. The van der Waals surface area contributed by atoms with Crippen LogP contribution in [0.3, 0.4) is 0 Å². The lowest BCUT2D eigenvalue weighted by Gasteiger charge is -2.00. The Bertz CT molecular complexity index is 76.2. The Hall–Kier alpha value is -0.0400. The molecule has 0 aromatic heterocycles.